The van der Waals surface area contributed by atoms with Crippen LogP contribution in [0.3, 0.4) is 0 Å². The van der Waals surface area contributed by atoms with Crippen molar-refractivity contribution in [3.05, 3.63) is 99.2 Å². The number of ether oxygens (including phenoxy) is 2. The van der Waals surface area contributed by atoms with E-state index in [1.165, 1.54) is 12.1 Å². The second kappa shape index (κ2) is 11.0. The van der Waals surface area contributed by atoms with E-state index in [-0.39, 0.29) is 23.9 Å². The molecule has 0 fully saturated rings. The molecular formula is C26H24ClN3O5. The molecule has 0 aliphatic rings. The minimum Gasteiger partial charge on any atom is -0.457 e. The average Bonchev–Trinajstić information content (AvgIpc) is 3.27. The maximum atomic E-state index is 12.8. The highest BCUT2D eigenvalue weighted by Crippen LogP contribution is 2.36. The van der Waals surface area contributed by atoms with Gasteiger partial charge in [-0.3, -0.25) is 14.9 Å². The highest BCUT2D eigenvalue weighted by atomic mass is 35.5. The normalized spacial score (nSPS) is 11.8. The van der Waals surface area contributed by atoms with Crippen LogP contribution in [0.5, 0.6) is 11.5 Å². The highest BCUT2D eigenvalue weighted by Gasteiger charge is 2.23. The van der Waals surface area contributed by atoms with Crippen molar-refractivity contribution in [3.8, 4) is 11.5 Å². The number of non-ortho nitro benzene ring substituents is 1. The number of rotatable bonds is 10. The van der Waals surface area contributed by atoms with Gasteiger partial charge in [0, 0.05) is 60.2 Å². The molecule has 0 saturated heterocycles. The molecule has 0 radical (unpaired) electrons. The average molecular weight is 494 g/mol. The number of aromatic nitrogens is 1. The lowest BCUT2D eigenvalue weighted by Gasteiger charge is -2.18. The number of carbonyl (C=O) groups excluding carboxylic acids is 1. The first-order valence-corrected chi connectivity index (χ1v) is 11.4. The van der Waals surface area contributed by atoms with Crippen LogP contribution in [0, 0.1) is 10.1 Å². The van der Waals surface area contributed by atoms with Crippen molar-refractivity contribution < 1.29 is 19.2 Å². The second-order valence-corrected chi connectivity index (χ2v) is 8.40. The van der Waals surface area contributed by atoms with Gasteiger partial charge < -0.3 is 19.8 Å². The van der Waals surface area contributed by atoms with Crippen LogP contribution in [-0.4, -0.2) is 36.1 Å². The molecule has 0 aliphatic heterocycles. The zero-order valence-electron chi connectivity index (χ0n) is 19.0. The van der Waals surface area contributed by atoms with E-state index in [1.54, 1.807) is 43.6 Å². The molecule has 0 unspecified atom stereocenters. The molecule has 0 bridgehead atoms. The van der Waals surface area contributed by atoms with Gasteiger partial charge in [0.05, 0.1) is 11.5 Å². The number of nitrogens with one attached hydrogen (secondary N) is 2. The van der Waals surface area contributed by atoms with Crippen LogP contribution in [0.2, 0.25) is 5.02 Å². The zero-order chi connectivity index (χ0) is 24.8. The number of hydrogen-bond acceptors (Lipinski definition) is 5. The number of nitro benzene ring substituents is 1. The smallest absolute Gasteiger partial charge is 0.270 e. The van der Waals surface area contributed by atoms with Gasteiger partial charge >= 0.3 is 0 Å². The fraction of sp³-hybridized carbons (Fsp3) is 0.192. The molecule has 3 aromatic carbocycles. The molecule has 1 heterocycles. The molecule has 35 heavy (non-hydrogen) atoms. The van der Waals surface area contributed by atoms with Crippen molar-refractivity contribution in [2.75, 3.05) is 20.3 Å². The Bertz CT molecular complexity index is 1340. The van der Waals surface area contributed by atoms with E-state index in [4.69, 9.17) is 21.1 Å². The third kappa shape index (κ3) is 5.98. The van der Waals surface area contributed by atoms with Crippen LogP contribution in [0.25, 0.3) is 10.9 Å². The molecule has 1 atom stereocenters. The number of carbonyl (C=O) groups is 1. The predicted molar refractivity (Wildman–Crippen MR) is 134 cm³/mol. The number of fused-ring (bicyclic) bond motifs is 1. The van der Waals surface area contributed by atoms with E-state index in [9.17, 15) is 14.9 Å². The van der Waals surface area contributed by atoms with Crippen LogP contribution in [0.15, 0.2) is 72.9 Å². The molecule has 4 rings (SSSR count). The summed E-state index contributed by atoms with van der Waals surface area (Å²) in [5, 5.41) is 15.5. The van der Waals surface area contributed by atoms with Crippen LogP contribution in [0.4, 0.5) is 5.69 Å². The highest BCUT2D eigenvalue weighted by molar-refractivity contribution is 6.30. The van der Waals surface area contributed by atoms with E-state index in [0.717, 1.165) is 16.6 Å². The van der Waals surface area contributed by atoms with Crippen molar-refractivity contribution in [2.24, 2.45) is 0 Å². The van der Waals surface area contributed by atoms with Crippen molar-refractivity contribution in [3.63, 3.8) is 0 Å². The van der Waals surface area contributed by atoms with Crippen LogP contribution < -0.4 is 10.1 Å². The predicted octanol–water partition coefficient (Wildman–Crippen LogP) is 5.81. The number of amides is 1. The SMILES string of the molecule is COCCNC(=O)C[C@@H](c1cccc(Oc2ccc(Cl)cc2)c1)c1c[nH]c2ccc([N+](=O)[O-])cc12. The van der Waals surface area contributed by atoms with Gasteiger partial charge in [-0.1, -0.05) is 23.7 Å². The summed E-state index contributed by atoms with van der Waals surface area (Å²) >= 11 is 5.96. The van der Waals surface area contributed by atoms with Gasteiger partial charge in [0.15, 0.2) is 0 Å². The summed E-state index contributed by atoms with van der Waals surface area (Å²) in [5.74, 6) is 0.696. The Labute approximate surface area is 207 Å². The lowest BCUT2D eigenvalue weighted by molar-refractivity contribution is -0.384. The molecule has 1 aromatic heterocycles. The first-order valence-electron chi connectivity index (χ1n) is 11.0. The van der Waals surface area contributed by atoms with Gasteiger partial charge in [-0.15, -0.1) is 0 Å². The van der Waals surface area contributed by atoms with E-state index < -0.39 is 4.92 Å². The van der Waals surface area contributed by atoms with E-state index in [0.29, 0.717) is 35.1 Å². The van der Waals surface area contributed by atoms with Gasteiger partial charge in [-0.05, 0) is 53.6 Å². The van der Waals surface area contributed by atoms with Gasteiger partial charge in [0.2, 0.25) is 5.91 Å². The van der Waals surface area contributed by atoms with Crippen molar-refractivity contribution in [2.45, 2.75) is 12.3 Å². The van der Waals surface area contributed by atoms with Crippen molar-refractivity contribution >= 4 is 34.1 Å². The summed E-state index contributed by atoms with van der Waals surface area (Å²) in [6.45, 7) is 0.793. The minimum atomic E-state index is -0.427. The molecule has 8 nitrogen and oxygen atoms in total. The molecule has 0 aliphatic carbocycles. The van der Waals surface area contributed by atoms with E-state index >= 15 is 0 Å². The Morgan fingerprint density at radius 2 is 1.91 bits per heavy atom. The molecule has 2 N–H and O–H groups in total. The van der Waals surface area contributed by atoms with E-state index in [1.807, 2.05) is 24.3 Å². The summed E-state index contributed by atoms with van der Waals surface area (Å²) in [7, 11) is 1.57. The minimum absolute atomic E-state index is 0.0125. The molecule has 1 amide bonds. The Morgan fingerprint density at radius 3 is 2.66 bits per heavy atom. The zero-order valence-corrected chi connectivity index (χ0v) is 19.7. The number of aromatic amines is 1. The largest absolute Gasteiger partial charge is 0.457 e. The number of benzene rings is 3. The quantitative estimate of drug-likeness (QED) is 0.165. The molecular weight excluding hydrogens is 470 g/mol. The summed E-state index contributed by atoms with van der Waals surface area (Å²) in [5.41, 5.74) is 2.37. The summed E-state index contributed by atoms with van der Waals surface area (Å²) in [6, 6.07) is 19.2. The summed E-state index contributed by atoms with van der Waals surface area (Å²) in [4.78, 5) is 26.9. The maximum Gasteiger partial charge on any atom is 0.270 e. The topological polar surface area (TPSA) is 106 Å². The number of hydrogen-bond donors (Lipinski definition) is 2. The Balaban J connectivity index is 1.70. The van der Waals surface area contributed by atoms with Crippen molar-refractivity contribution in [1.29, 1.82) is 0 Å². The van der Waals surface area contributed by atoms with E-state index in [2.05, 4.69) is 10.3 Å². The van der Waals surface area contributed by atoms with Crippen molar-refractivity contribution in [1.82, 2.24) is 10.3 Å². The second-order valence-electron chi connectivity index (χ2n) is 7.96. The molecule has 180 valence electrons. The Morgan fingerprint density at radius 1 is 1.11 bits per heavy atom. The molecule has 0 spiro atoms. The molecule has 9 heteroatoms. The monoisotopic (exact) mass is 493 g/mol. The number of methoxy groups -OCH3 is 1. The standard InChI is InChI=1S/C26H24ClN3O5/c1-34-12-11-28-26(31)15-22(24-16-29-25-10-7-19(30(32)33)14-23(24)25)17-3-2-4-21(13-17)35-20-8-5-18(27)6-9-20/h2-10,13-14,16,22,29H,11-12,15H2,1H3,(H,28,31)/t22-/m0/s1. The third-order valence-corrected chi connectivity index (χ3v) is 5.86. The number of nitro groups is 1. The fourth-order valence-corrected chi connectivity index (χ4v) is 4.05. The lowest BCUT2D eigenvalue weighted by Crippen LogP contribution is -2.28. The number of nitrogens with zero attached hydrogens (tertiary/aromatic N) is 1. The Hall–Kier alpha value is -3.88. The van der Waals surface area contributed by atoms with Gasteiger partial charge in [0.1, 0.15) is 11.5 Å². The van der Waals surface area contributed by atoms with Gasteiger partial charge in [-0.25, -0.2) is 0 Å². The lowest BCUT2D eigenvalue weighted by atomic mass is 9.87. The van der Waals surface area contributed by atoms with Crippen LogP contribution in [-0.2, 0) is 9.53 Å². The third-order valence-electron chi connectivity index (χ3n) is 5.61. The fourth-order valence-electron chi connectivity index (χ4n) is 3.92. The first-order chi connectivity index (χ1) is 16.9. The summed E-state index contributed by atoms with van der Waals surface area (Å²) < 4.78 is 11.0. The first kappa shape index (κ1) is 24.3. The molecule has 4 aromatic rings. The van der Waals surface area contributed by atoms with Crippen LogP contribution >= 0.6 is 11.6 Å². The van der Waals surface area contributed by atoms with Gasteiger partial charge in [0.25, 0.3) is 5.69 Å². The molecule has 0 saturated carbocycles. The van der Waals surface area contributed by atoms with Crippen LogP contribution in [0.1, 0.15) is 23.5 Å². The maximum absolute atomic E-state index is 12.8. The number of H-pyrrole nitrogens is 1. The number of halogens is 1. The van der Waals surface area contributed by atoms with Gasteiger partial charge in [-0.2, -0.15) is 0 Å². The Kier molecular flexibility index (Phi) is 7.64. The summed E-state index contributed by atoms with van der Waals surface area (Å²) in [6.07, 6.45) is 1.94.